The second-order valence-corrected chi connectivity index (χ2v) is 4.27. The van der Waals surface area contributed by atoms with Gasteiger partial charge in [0.2, 0.25) is 0 Å². The molecule has 11 heavy (non-hydrogen) atoms. The highest BCUT2D eigenvalue weighted by Gasteiger charge is 2.17. The Balaban J connectivity index is 1.95. The van der Waals surface area contributed by atoms with Crippen molar-refractivity contribution in [2.45, 2.75) is 32.8 Å². The van der Waals surface area contributed by atoms with E-state index in [2.05, 4.69) is 26.1 Å². The number of rotatable bonds is 3. The summed E-state index contributed by atoms with van der Waals surface area (Å²) < 4.78 is 5.61. The smallest absolute Gasteiger partial charge is 0.0598 e. The van der Waals surface area contributed by atoms with Crippen molar-refractivity contribution in [2.75, 3.05) is 19.7 Å². The molecule has 2 nitrogen and oxygen atoms in total. The van der Waals surface area contributed by atoms with Gasteiger partial charge in [-0.3, -0.25) is 0 Å². The highest BCUT2D eigenvalue weighted by Crippen LogP contribution is 2.12. The molecule has 0 aliphatic carbocycles. The molecule has 1 rings (SSSR count). The predicted octanol–water partition coefficient (Wildman–Crippen LogP) is 1.41. The van der Waals surface area contributed by atoms with E-state index in [9.17, 15) is 0 Å². The minimum absolute atomic E-state index is 0.0389. The third-order valence-corrected chi connectivity index (χ3v) is 1.93. The molecule has 1 saturated heterocycles. The monoisotopic (exact) mass is 157 g/mol. The third-order valence-electron chi connectivity index (χ3n) is 1.93. The first-order valence-corrected chi connectivity index (χ1v) is 4.42. The van der Waals surface area contributed by atoms with Crippen LogP contribution in [-0.2, 0) is 4.74 Å². The summed E-state index contributed by atoms with van der Waals surface area (Å²) in [6, 6.07) is 0. The van der Waals surface area contributed by atoms with E-state index in [1.165, 1.54) is 19.5 Å². The molecule has 0 aromatic heterocycles. The van der Waals surface area contributed by atoms with Crippen molar-refractivity contribution in [3.8, 4) is 0 Å². The molecule has 2 heteroatoms. The van der Waals surface area contributed by atoms with Crippen molar-refractivity contribution in [3.05, 3.63) is 0 Å². The van der Waals surface area contributed by atoms with Crippen LogP contribution in [0.4, 0.5) is 0 Å². The third kappa shape index (κ3) is 3.73. The first-order chi connectivity index (χ1) is 5.08. The van der Waals surface area contributed by atoms with Crippen molar-refractivity contribution in [1.29, 1.82) is 0 Å². The summed E-state index contributed by atoms with van der Waals surface area (Å²) in [6.07, 6.45) is 1.21. The van der Waals surface area contributed by atoms with Crippen LogP contribution in [0.15, 0.2) is 0 Å². The Kier molecular flexibility index (Phi) is 2.90. The van der Waals surface area contributed by atoms with E-state index in [0.717, 1.165) is 12.5 Å². The van der Waals surface area contributed by atoms with Gasteiger partial charge in [-0.1, -0.05) is 0 Å². The van der Waals surface area contributed by atoms with Crippen LogP contribution < -0.4 is 5.32 Å². The standard InChI is InChI=1S/C9H19NO/c1-9(2,3)11-5-4-8-6-10-7-8/h8,10H,4-7H2,1-3H3. The summed E-state index contributed by atoms with van der Waals surface area (Å²) in [7, 11) is 0. The van der Waals surface area contributed by atoms with Crippen molar-refractivity contribution in [1.82, 2.24) is 5.32 Å². The molecular weight excluding hydrogens is 138 g/mol. The van der Waals surface area contributed by atoms with Gasteiger partial charge in [-0.2, -0.15) is 0 Å². The Morgan fingerprint density at radius 3 is 2.36 bits per heavy atom. The van der Waals surface area contributed by atoms with Crippen LogP contribution in [0.25, 0.3) is 0 Å². The first kappa shape index (κ1) is 9.01. The van der Waals surface area contributed by atoms with Gasteiger partial charge >= 0.3 is 0 Å². The summed E-state index contributed by atoms with van der Waals surface area (Å²) in [5.41, 5.74) is 0.0389. The van der Waals surface area contributed by atoms with Gasteiger partial charge in [0, 0.05) is 6.61 Å². The fraction of sp³-hybridized carbons (Fsp3) is 1.00. The Hall–Kier alpha value is -0.0800. The molecule has 66 valence electrons. The van der Waals surface area contributed by atoms with Gasteiger partial charge < -0.3 is 10.1 Å². The molecule has 0 spiro atoms. The van der Waals surface area contributed by atoms with Gasteiger partial charge in [0.25, 0.3) is 0 Å². The minimum atomic E-state index is 0.0389. The number of hydrogen-bond donors (Lipinski definition) is 1. The lowest BCUT2D eigenvalue weighted by atomic mass is 10.00. The van der Waals surface area contributed by atoms with Gasteiger partial charge in [-0.25, -0.2) is 0 Å². The van der Waals surface area contributed by atoms with Gasteiger partial charge in [-0.05, 0) is 46.2 Å². The summed E-state index contributed by atoms with van der Waals surface area (Å²) in [4.78, 5) is 0. The van der Waals surface area contributed by atoms with Crippen LogP contribution in [0.2, 0.25) is 0 Å². The SMILES string of the molecule is CC(C)(C)OCCC1CNC1. The average molecular weight is 157 g/mol. The molecule has 0 radical (unpaired) electrons. The normalized spacial score (nSPS) is 19.9. The lowest BCUT2D eigenvalue weighted by Crippen LogP contribution is -2.42. The lowest BCUT2D eigenvalue weighted by Gasteiger charge is -2.28. The van der Waals surface area contributed by atoms with Crippen molar-refractivity contribution < 1.29 is 4.74 Å². The van der Waals surface area contributed by atoms with E-state index >= 15 is 0 Å². The van der Waals surface area contributed by atoms with E-state index in [1.807, 2.05) is 0 Å². The fourth-order valence-corrected chi connectivity index (χ4v) is 1.08. The van der Waals surface area contributed by atoms with Gasteiger partial charge in [0.05, 0.1) is 5.60 Å². The van der Waals surface area contributed by atoms with Gasteiger partial charge in [-0.15, -0.1) is 0 Å². The average Bonchev–Trinajstić information content (AvgIpc) is 1.73. The van der Waals surface area contributed by atoms with E-state index < -0.39 is 0 Å². The zero-order chi connectivity index (χ0) is 8.32. The van der Waals surface area contributed by atoms with E-state index in [0.29, 0.717) is 0 Å². The fourth-order valence-electron chi connectivity index (χ4n) is 1.08. The van der Waals surface area contributed by atoms with Crippen LogP contribution in [0.1, 0.15) is 27.2 Å². The maximum atomic E-state index is 5.61. The molecule has 1 fully saturated rings. The zero-order valence-corrected chi connectivity index (χ0v) is 7.81. The number of ether oxygens (including phenoxy) is 1. The summed E-state index contributed by atoms with van der Waals surface area (Å²) >= 11 is 0. The molecule has 0 saturated carbocycles. The highest BCUT2D eigenvalue weighted by molar-refractivity contribution is 4.74. The van der Waals surface area contributed by atoms with E-state index in [4.69, 9.17) is 4.74 Å². The highest BCUT2D eigenvalue weighted by atomic mass is 16.5. The second-order valence-electron chi connectivity index (χ2n) is 4.27. The van der Waals surface area contributed by atoms with Crippen molar-refractivity contribution in [2.24, 2.45) is 5.92 Å². The van der Waals surface area contributed by atoms with Crippen LogP contribution >= 0.6 is 0 Å². The van der Waals surface area contributed by atoms with E-state index in [-0.39, 0.29) is 5.60 Å². The van der Waals surface area contributed by atoms with Crippen molar-refractivity contribution in [3.63, 3.8) is 0 Å². The predicted molar refractivity (Wildman–Crippen MR) is 46.7 cm³/mol. The molecule has 1 aliphatic heterocycles. The molecule has 0 aromatic carbocycles. The molecule has 0 aromatic rings. The summed E-state index contributed by atoms with van der Waals surface area (Å²) in [6.45, 7) is 9.60. The summed E-state index contributed by atoms with van der Waals surface area (Å²) in [5, 5.41) is 3.25. The van der Waals surface area contributed by atoms with Crippen LogP contribution in [0.5, 0.6) is 0 Å². The second kappa shape index (κ2) is 3.55. The molecule has 1 heterocycles. The van der Waals surface area contributed by atoms with Crippen LogP contribution in [0, 0.1) is 5.92 Å². The van der Waals surface area contributed by atoms with Crippen LogP contribution in [-0.4, -0.2) is 25.3 Å². The molecule has 1 aliphatic rings. The zero-order valence-electron chi connectivity index (χ0n) is 7.81. The Morgan fingerprint density at radius 2 is 2.00 bits per heavy atom. The van der Waals surface area contributed by atoms with Gasteiger partial charge in [0.15, 0.2) is 0 Å². The topological polar surface area (TPSA) is 21.3 Å². The molecule has 1 N–H and O–H groups in total. The van der Waals surface area contributed by atoms with Crippen molar-refractivity contribution >= 4 is 0 Å². The largest absolute Gasteiger partial charge is 0.376 e. The molecule has 0 bridgehead atoms. The maximum Gasteiger partial charge on any atom is 0.0598 e. The molecule has 0 amide bonds. The quantitative estimate of drug-likeness (QED) is 0.669. The Labute approximate surface area is 69.3 Å². The maximum absolute atomic E-state index is 5.61. The van der Waals surface area contributed by atoms with Gasteiger partial charge in [0.1, 0.15) is 0 Å². The molecule has 0 atom stereocenters. The number of nitrogens with one attached hydrogen (secondary N) is 1. The first-order valence-electron chi connectivity index (χ1n) is 4.42. The Morgan fingerprint density at radius 1 is 1.36 bits per heavy atom. The minimum Gasteiger partial charge on any atom is -0.376 e. The van der Waals surface area contributed by atoms with E-state index in [1.54, 1.807) is 0 Å². The Bertz CT molecular complexity index is 113. The van der Waals surface area contributed by atoms with Crippen LogP contribution in [0.3, 0.4) is 0 Å². The molecular formula is C9H19NO. The summed E-state index contributed by atoms with van der Waals surface area (Å²) in [5.74, 6) is 0.873. The number of hydrogen-bond acceptors (Lipinski definition) is 2. The molecule has 0 unspecified atom stereocenters. The lowest BCUT2D eigenvalue weighted by molar-refractivity contribution is -0.0117.